The first-order valence-electron chi connectivity index (χ1n) is 11.6. The Labute approximate surface area is 194 Å². The lowest BCUT2D eigenvalue weighted by Gasteiger charge is -2.43. The summed E-state index contributed by atoms with van der Waals surface area (Å²) in [5.74, 6) is 0. The van der Waals surface area contributed by atoms with Gasteiger partial charge in [-0.15, -0.1) is 0 Å². The molecule has 1 N–H and O–H groups in total. The van der Waals surface area contributed by atoms with Gasteiger partial charge in [0.15, 0.2) is 0 Å². The average Bonchev–Trinajstić information content (AvgIpc) is 2.81. The summed E-state index contributed by atoms with van der Waals surface area (Å²) in [7, 11) is -2.53. The van der Waals surface area contributed by atoms with E-state index in [1.165, 1.54) is 15.9 Å². The van der Waals surface area contributed by atoms with E-state index in [0.717, 1.165) is 6.42 Å². The third kappa shape index (κ3) is 6.07. The van der Waals surface area contributed by atoms with Crippen molar-refractivity contribution in [2.45, 2.75) is 51.2 Å². The van der Waals surface area contributed by atoms with E-state index in [1.54, 1.807) is 0 Å². The number of allylic oxidation sites excluding steroid dienone is 1. The molecule has 2 nitrogen and oxygen atoms in total. The van der Waals surface area contributed by atoms with Crippen LogP contribution >= 0.6 is 0 Å². The van der Waals surface area contributed by atoms with Crippen LogP contribution in [0.5, 0.6) is 0 Å². The first-order valence-corrected chi connectivity index (χ1v) is 13.5. The van der Waals surface area contributed by atoms with Crippen LogP contribution in [0, 0.1) is 0 Å². The van der Waals surface area contributed by atoms with E-state index in [0.29, 0.717) is 19.4 Å². The van der Waals surface area contributed by atoms with Crippen molar-refractivity contribution in [2.24, 2.45) is 0 Å². The van der Waals surface area contributed by atoms with Crippen LogP contribution < -0.4 is 10.4 Å². The molecule has 0 radical (unpaired) electrons. The molecule has 0 fully saturated rings. The first-order chi connectivity index (χ1) is 15.4. The highest BCUT2D eigenvalue weighted by atomic mass is 28.4. The number of aliphatic hydroxyl groups is 1. The van der Waals surface area contributed by atoms with Crippen molar-refractivity contribution in [1.29, 1.82) is 0 Å². The van der Waals surface area contributed by atoms with Crippen LogP contribution in [0.25, 0.3) is 0 Å². The lowest BCUT2D eigenvalue weighted by atomic mass is 10.1. The molecular weight excluding hydrogens is 408 g/mol. The summed E-state index contributed by atoms with van der Waals surface area (Å²) in [5, 5.41) is 13.1. The Balaban J connectivity index is 1.68. The standard InChI is InChI=1S/C29H36O2Si/c1-29(2,3)32(27-19-9-5-10-20-27,28-21-11-6-12-22-28)31-24-23-26(30)18-14-13-17-25-15-7-4-8-16-25/h4-16,19-22,26,30H,17-18,23-24H2,1-3H3/b14-13+. The lowest BCUT2D eigenvalue weighted by molar-refractivity contribution is 0.139. The molecule has 3 aromatic rings. The minimum absolute atomic E-state index is 0.0454. The van der Waals surface area contributed by atoms with Crippen LogP contribution in [-0.4, -0.2) is 26.1 Å². The molecule has 0 amide bonds. The molecule has 0 aliphatic heterocycles. The monoisotopic (exact) mass is 444 g/mol. The Kier molecular flexibility index (Phi) is 8.63. The van der Waals surface area contributed by atoms with E-state index in [9.17, 15) is 5.11 Å². The molecule has 3 heteroatoms. The molecule has 0 aliphatic rings. The molecule has 0 aromatic heterocycles. The second kappa shape index (κ2) is 11.4. The minimum atomic E-state index is -2.53. The zero-order valence-electron chi connectivity index (χ0n) is 19.6. The molecule has 0 bridgehead atoms. The number of aliphatic hydroxyl groups excluding tert-OH is 1. The van der Waals surface area contributed by atoms with E-state index in [2.05, 4.69) is 118 Å². The summed E-state index contributed by atoms with van der Waals surface area (Å²) in [6.45, 7) is 7.38. The number of benzene rings is 3. The second-order valence-electron chi connectivity index (χ2n) is 9.35. The van der Waals surface area contributed by atoms with Gasteiger partial charge in [-0.1, -0.05) is 124 Å². The predicted molar refractivity (Wildman–Crippen MR) is 138 cm³/mol. The van der Waals surface area contributed by atoms with Gasteiger partial charge in [0.1, 0.15) is 0 Å². The summed E-state index contributed by atoms with van der Waals surface area (Å²) in [4.78, 5) is 0. The van der Waals surface area contributed by atoms with Gasteiger partial charge in [-0.2, -0.15) is 0 Å². The van der Waals surface area contributed by atoms with Crippen molar-refractivity contribution in [3.63, 3.8) is 0 Å². The maximum Gasteiger partial charge on any atom is 0.261 e. The van der Waals surface area contributed by atoms with Crippen LogP contribution in [0.4, 0.5) is 0 Å². The number of hydrogen-bond donors (Lipinski definition) is 1. The zero-order valence-corrected chi connectivity index (χ0v) is 20.6. The molecule has 32 heavy (non-hydrogen) atoms. The van der Waals surface area contributed by atoms with Crippen LogP contribution in [-0.2, 0) is 10.8 Å². The molecule has 0 heterocycles. The molecule has 3 rings (SSSR count). The van der Waals surface area contributed by atoms with E-state index in [1.807, 2.05) is 6.07 Å². The molecule has 0 saturated carbocycles. The molecule has 1 atom stereocenters. The maximum absolute atomic E-state index is 10.6. The van der Waals surface area contributed by atoms with E-state index in [-0.39, 0.29) is 5.04 Å². The van der Waals surface area contributed by atoms with Gasteiger partial charge >= 0.3 is 0 Å². The van der Waals surface area contributed by atoms with Gasteiger partial charge in [-0.05, 0) is 40.2 Å². The van der Waals surface area contributed by atoms with E-state index < -0.39 is 14.4 Å². The number of hydrogen-bond acceptors (Lipinski definition) is 2. The van der Waals surface area contributed by atoms with Crippen molar-refractivity contribution in [1.82, 2.24) is 0 Å². The van der Waals surface area contributed by atoms with Gasteiger partial charge in [0.05, 0.1) is 6.10 Å². The maximum atomic E-state index is 10.6. The number of rotatable bonds is 10. The summed E-state index contributed by atoms with van der Waals surface area (Å²) >= 11 is 0. The molecule has 0 saturated heterocycles. The second-order valence-corrected chi connectivity index (χ2v) is 13.7. The van der Waals surface area contributed by atoms with Crippen molar-refractivity contribution in [3.05, 3.63) is 109 Å². The normalized spacial score (nSPS) is 13.4. The summed E-state index contributed by atoms with van der Waals surface area (Å²) in [5.41, 5.74) is 1.29. The quantitative estimate of drug-likeness (QED) is 0.330. The Morgan fingerprint density at radius 3 is 1.78 bits per heavy atom. The molecule has 0 spiro atoms. The van der Waals surface area contributed by atoms with Crippen molar-refractivity contribution in [2.75, 3.05) is 6.61 Å². The van der Waals surface area contributed by atoms with E-state index in [4.69, 9.17) is 4.43 Å². The highest BCUT2D eigenvalue weighted by molar-refractivity contribution is 6.99. The van der Waals surface area contributed by atoms with Gasteiger partial charge in [0, 0.05) is 6.61 Å². The van der Waals surface area contributed by atoms with E-state index >= 15 is 0 Å². The predicted octanol–water partition coefficient (Wildman–Crippen LogP) is 5.50. The van der Waals surface area contributed by atoms with Gasteiger partial charge in [-0.3, -0.25) is 0 Å². The van der Waals surface area contributed by atoms with Gasteiger partial charge in [-0.25, -0.2) is 0 Å². The lowest BCUT2D eigenvalue weighted by Crippen LogP contribution is -2.66. The van der Waals surface area contributed by atoms with Crippen LogP contribution in [0.3, 0.4) is 0 Å². The van der Waals surface area contributed by atoms with Gasteiger partial charge in [0.2, 0.25) is 0 Å². The van der Waals surface area contributed by atoms with Crippen LogP contribution in [0.15, 0.2) is 103 Å². The van der Waals surface area contributed by atoms with Gasteiger partial charge in [0.25, 0.3) is 8.32 Å². The molecular formula is C29H36O2Si. The molecule has 0 aliphatic carbocycles. The van der Waals surface area contributed by atoms with Crippen molar-refractivity contribution >= 4 is 18.7 Å². The highest BCUT2D eigenvalue weighted by Crippen LogP contribution is 2.36. The summed E-state index contributed by atoms with van der Waals surface area (Å²) in [6.07, 6.45) is 5.99. The Hall–Kier alpha value is -2.46. The fourth-order valence-electron chi connectivity index (χ4n) is 4.31. The Morgan fingerprint density at radius 1 is 0.781 bits per heavy atom. The third-order valence-corrected chi connectivity index (χ3v) is 11.0. The fraction of sp³-hybridized carbons (Fsp3) is 0.310. The minimum Gasteiger partial charge on any atom is -0.407 e. The largest absolute Gasteiger partial charge is 0.407 e. The fourth-order valence-corrected chi connectivity index (χ4v) is 8.89. The SMILES string of the molecule is CC(C)(C)[Si](OCCC(O)C/C=C/Cc1ccccc1)(c1ccccc1)c1ccccc1. The Bertz CT molecular complexity index is 907. The van der Waals surface area contributed by atoms with Crippen molar-refractivity contribution in [3.8, 4) is 0 Å². The highest BCUT2D eigenvalue weighted by Gasteiger charge is 2.49. The summed E-state index contributed by atoms with van der Waals surface area (Å²) < 4.78 is 6.87. The molecule has 1 unspecified atom stereocenters. The first kappa shape index (κ1) is 24.2. The molecule has 3 aromatic carbocycles. The zero-order chi connectivity index (χ0) is 22.9. The van der Waals surface area contributed by atoms with Crippen molar-refractivity contribution < 1.29 is 9.53 Å². The smallest absolute Gasteiger partial charge is 0.261 e. The topological polar surface area (TPSA) is 29.5 Å². The molecule has 168 valence electrons. The van der Waals surface area contributed by atoms with Gasteiger partial charge < -0.3 is 9.53 Å². The third-order valence-electron chi connectivity index (χ3n) is 5.96. The van der Waals surface area contributed by atoms with Crippen LogP contribution in [0.1, 0.15) is 39.2 Å². The summed E-state index contributed by atoms with van der Waals surface area (Å²) in [6, 6.07) is 31.7. The average molecular weight is 445 g/mol. The van der Waals surface area contributed by atoms with Crippen LogP contribution in [0.2, 0.25) is 5.04 Å². The Morgan fingerprint density at radius 2 is 1.28 bits per heavy atom.